The summed E-state index contributed by atoms with van der Waals surface area (Å²) in [4.78, 5) is 12.8. The average molecular weight is 341 g/mol. The van der Waals surface area contributed by atoms with Crippen molar-refractivity contribution in [1.82, 2.24) is 5.32 Å². The maximum absolute atomic E-state index is 12.8. The molecular weight excluding hydrogens is 318 g/mol. The van der Waals surface area contributed by atoms with Gasteiger partial charge >= 0.3 is 0 Å². The van der Waals surface area contributed by atoms with Crippen LogP contribution < -0.4 is 5.32 Å². The number of carbonyl (C=O) groups is 1. The van der Waals surface area contributed by atoms with Crippen molar-refractivity contribution in [1.29, 1.82) is 0 Å². The van der Waals surface area contributed by atoms with Gasteiger partial charge in [-0.1, -0.05) is 103 Å². The molecule has 0 unspecified atom stereocenters. The Hall–Kier alpha value is -3.13. The molecule has 0 aliphatic rings. The van der Waals surface area contributed by atoms with Crippen LogP contribution in [0.1, 0.15) is 30.0 Å². The number of hydrogen-bond donors (Lipinski definition) is 1. The Morgan fingerprint density at radius 1 is 0.769 bits per heavy atom. The number of hydrogen-bond acceptors (Lipinski definition) is 1. The predicted octanol–water partition coefficient (Wildman–Crippen LogP) is 5.06. The molecular formula is C24H23NO. The predicted molar refractivity (Wildman–Crippen MR) is 107 cm³/mol. The van der Waals surface area contributed by atoms with E-state index in [2.05, 4.69) is 41.7 Å². The zero-order valence-corrected chi connectivity index (χ0v) is 14.9. The first kappa shape index (κ1) is 17.7. The Morgan fingerprint density at radius 2 is 1.15 bits per heavy atom. The summed E-state index contributed by atoms with van der Waals surface area (Å²) < 4.78 is 0. The van der Waals surface area contributed by atoms with E-state index in [9.17, 15) is 4.79 Å². The van der Waals surface area contributed by atoms with Crippen molar-refractivity contribution in [3.63, 3.8) is 0 Å². The van der Waals surface area contributed by atoms with Gasteiger partial charge in [0.1, 0.15) is 5.54 Å². The van der Waals surface area contributed by atoms with Crippen LogP contribution in [-0.4, -0.2) is 5.91 Å². The SMILES string of the molecule is C/C=C/CC(=O)NC(c1ccccc1)(c1ccccc1)c1ccccc1. The molecule has 0 aromatic heterocycles. The molecule has 0 bridgehead atoms. The summed E-state index contributed by atoms with van der Waals surface area (Å²) in [6.45, 7) is 1.92. The first-order valence-electron chi connectivity index (χ1n) is 8.86. The lowest BCUT2D eigenvalue weighted by atomic mass is 9.77. The van der Waals surface area contributed by atoms with Gasteiger partial charge in [0.15, 0.2) is 0 Å². The smallest absolute Gasteiger partial charge is 0.225 e. The van der Waals surface area contributed by atoms with E-state index in [0.29, 0.717) is 6.42 Å². The van der Waals surface area contributed by atoms with Gasteiger partial charge in [0, 0.05) is 6.42 Å². The average Bonchev–Trinajstić information content (AvgIpc) is 2.72. The second-order valence-corrected chi connectivity index (χ2v) is 6.17. The van der Waals surface area contributed by atoms with E-state index < -0.39 is 5.54 Å². The molecule has 1 amide bonds. The molecule has 0 aliphatic heterocycles. The molecule has 3 aromatic rings. The minimum absolute atomic E-state index is 0.0142. The topological polar surface area (TPSA) is 29.1 Å². The Labute approximate surface area is 155 Å². The van der Waals surface area contributed by atoms with Crippen molar-refractivity contribution in [3.8, 4) is 0 Å². The summed E-state index contributed by atoms with van der Waals surface area (Å²) in [7, 11) is 0. The molecule has 0 heterocycles. The van der Waals surface area contributed by atoms with Crippen LogP contribution in [0.25, 0.3) is 0 Å². The highest BCUT2D eigenvalue weighted by molar-refractivity contribution is 5.80. The molecule has 2 heteroatoms. The van der Waals surface area contributed by atoms with E-state index in [4.69, 9.17) is 0 Å². The van der Waals surface area contributed by atoms with Crippen LogP contribution >= 0.6 is 0 Å². The Bertz CT molecular complexity index is 758. The van der Waals surface area contributed by atoms with Crippen molar-refractivity contribution in [2.24, 2.45) is 0 Å². The van der Waals surface area contributed by atoms with Crippen molar-refractivity contribution < 1.29 is 4.79 Å². The lowest BCUT2D eigenvalue weighted by Crippen LogP contribution is -2.47. The van der Waals surface area contributed by atoms with Crippen LogP contribution in [-0.2, 0) is 10.3 Å². The number of benzene rings is 3. The Morgan fingerprint density at radius 3 is 1.50 bits per heavy atom. The molecule has 130 valence electrons. The summed E-state index contributed by atoms with van der Waals surface area (Å²) in [5.41, 5.74) is 2.37. The molecule has 0 radical (unpaired) electrons. The number of amides is 1. The third-order valence-electron chi connectivity index (χ3n) is 4.49. The second kappa shape index (κ2) is 8.30. The molecule has 0 saturated carbocycles. The van der Waals surface area contributed by atoms with Crippen molar-refractivity contribution in [2.75, 3.05) is 0 Å². The van der Waals surface area contributed by atoms with E-state index in [1.165, 1.54) is 0 Å². The monoisotopic (exact) mass is 341 g/mol. The standard InChI is InChI=1S/C24H23NO/c1-2-3-19-23(26)25-24(20-13-7-4-8-14-20,21-15-9-5-10-16-21)22-17-11-6-12-18-22/h2-18H,19H2,1H3,(H,25,26)/b3-2+. The van der Waals surface area contributed by atoms with Crippen molar-refractivity contribution in [2.45, 2.75) is 18.9 Å². The van der Waals surface area contributed by atoms with Crippen LogP contribution in [0.4, 0.5) is 0 Å². The van der Waals surface area contributed by atoms with Gasteiger partial charge in [-0.2, -0.15) is 0 Å². The zero-order chi connectivity index (χ0) is 18.2. The molecule has 2 nitrogen and oxygen atoms in total. The fourth-order valence-corrected chi connectivity index (χ4v) is 3.27. The number of allylic oxidation sites excluding steroid dienone is 1. The molecule has 26 heavy (non-hydrogen) atoms. The minimum atomic E-state index is -0.734. The molecule has 1 N–H and O–H groups in total. The molecule has 0 aliphatic carbocycles. The van der Waals surface area contributed by atoms with Crippen LogP contribution in [0.3, 0.4) is 0 Å². The first-order chi connectivity index (χ1) is 12.8. The van der Waals surface area contributed by atoms with Gasteiger partial charge in [-0.3, -0.25) is 4.79 Å². The van der Waals surface area contributed by atoms with E-state index in [1.54, 1.807) is 0 Å². The molecule has 3 rings (SSSR count). The van der Waals surface area contributed by atoms with E-state index in [1.807, 2.05) is 73.7 Å². The first-order valence-corrected chi connectivity index (χ1v) is 8.86. The quantitative estimate of drug-likeness (QED) is 0.493. The van der Waals surface area contributed by atoms with Gasteiger partial charge in [-0.05, 0) is 23.6 Å². The summed E-state index contributed by atoms with van der Waals surface area (Å²) in [5, 5.41) is 3.32. The van der Waals surface area contributed by atoms with E-state index >= 15 is 0 Å². The normalized spacial score (nSPS) is 11.4. The molecule has 3 aromatic carbocycles. The van der Waals surface area contributed by atoms with Gasteiger partial charge < -0.3 is 5.32 Å². The summed E-state index contributed by atoms with van der Waals surface area (Å²) in [6.07, 6.45) is 4.13. The minimum Gasteiger partial charge on any atom is -0.338 e. The van der Waals surface area contributed by atoms with Crippen LogP contribution in [0, 0.1) is 0 Å². The van der Waals surface area contributed by atoms with Gasteiger partial charge in [0.25, 0.3) is 0 Å². The van der Waals surface area contributed by atoms with Crippen molar-refractivity contribution >= 4 is 5.91 Å². The van der Waals surface area contributed by atoms with Crippen LogP contribution in [0.5, 0.6) is 0 Å². The molecule has 0 fully saturated rings. The Kier molecular flexibility index (Phi) is 5.65. The number of carbonyl (C=O) groups excluding carboxylic acids is 1. The summed E-state index contributed by atoms with van der Waals surface area (Å²) in [6, 6.07) is 30.4. The third kappa shape index (κ3) is 3.60. The van der Waals surface area contributed by atoms with Gasteiger partial charge in [0.2, 0.25) is 5.91 Å². The molecule has 0 spiro atoms. The lowest BCUT2D eigenvalue weighted by Gasteiger charge is -2.36. The maximum Gasteiger partial charge on any atom is 0.225 e. The summed E-state index contributed by atoms with van der Waals surface area (Å²) in [5.74, 6) is -0.0142. The molecule has 0 atom stereocenters. The van der Waals surface area contributed by atoms with Gasteiger partial charge in [0.05, 0.1) is 0 Å². The highest BCUT2D eigenvalue weighted by Gasteiger charge is 2.37. The zero-order valence-electron chi connectivity index (χ0n) is 14.9. The summed E-state index contributed by atoms with van der Waals surface area (Å²) >= 11 is 0. The fourth-order valence-electron chi connectivity index (χ4n) is 3.27. The second-order valence-electron chi connectivity index (χ2n) is 6.17. The third-order valence-corrected chi connectivity index (χ3v) is 4.49. The van der Waals surface area contributed by atoms with E-state index in [-0.39, 0.29) is 5.91 Å². The molecule has 0 saturated heterocycles. The maximum atomic E-state index is 12.8. The van der Waals surface area contributed by atoms with Crippen LogP contribution in [0.15, 0.2) is 103 Å². The fraction of sp³-hybridized carbons (Fsp3) is 0.125. The highest BCUT2D eigenvalue weighted by Crippen LogP contribution is 2.36. The van der Waals surface area contributed by atoms with Gasteiger partial charge in [-0.25, -0.2) is 0 Å². The van der Waals surface area contributed by atoms with E-state index in [0.717, 1.165) is 16.7 Å². The largest absolute Gasteiger partial charge is 0.338 e. The Balaban J connectivity index is 2.23. The number of nitrogens with one attached hydrogen (secondary N) is 1. The highest BCUT2D eigenvalue weighted by atomic mass is 16.1. The van der Waals surface area contributed by atoms with Gasteiger partial charge in [-0.15, -0.1) is 0 Å². The van der Waals surface area contributed by atoms with Crippen LogP contribution in [0.2, 0.25) is 0 Å². The van der Waals surface area contributed by atoms with Crippen molar-refractivity contribution in [3.05, 3.63) is 120 Å². The number of rotatable bonds is 6. The lowest BCUT2D eigenvalue weighted by molar-refractivity contribution is -0.121.